The lowest BCUT2D eigenvalue weighted by molar-refractivity contribution is 0.102. The summed E-state index contributed by atoms with van der Waals surface area (Å²) in [6.45, 7) is 7.39. The van der Waals surface area contributed by atoms with Gasteiger partial charge in [-0.05, 0) is 68.7 Å². The van der Waals surface area contributed by atoms with E-state index in [2.05, 4.69) is 40.6 Å². The SMILES string of the molecule is CCN(c1ccc(C(=O)Nc2ccc(-c3csnn3)cc2)cc1)C(C)C. The maximum absolute atomic E-state index is 12.5. The summed E-state index contributed by atoms with van der Waals surface area (Å²) in [7, 11) is 0. The smallest absolute Gasteiger partial charge is 0.255 e. The first kappa shape index (κ1) is 18.1. The van der Waals surface area contributed by atoms with Crippen LogP contribution in [0.5, 0.6) is 0 Å². The van der Waals surface area contributed by atoms with Crippen molar-refractivity contribution in [3.63, 3.8) is 0 Å². The predicted molar refractivity (Wildman–Crippen MR) is 108 cm³/mol. The summed E-state index contributed by atoms with van der Waals surface area (Å²) >= 11 is 1.32. The van der Waals surface area contributed by atoms with Crippen LogP contribution in [0.3, 0.4) is 0 Å². The molecule has 0 aliphatic carbocycles. The largest absolute Gasteiger partial charge is 0.369 e. The van der Waals surface area contributed by atoms with Crippen molar-refractivity contribution in [1.29, 1.82) is 0 Å². The second kappa shape index (κ2) is 8.10. The van der Waals surface area contributed by atoms with Gasteiger partial charge in [-0.2, -0.15) is 0 Å². The number of amides is 1. The number of anilines is 2. The van der Waals surface area contributed by atoms with Crippen molar-refractivity contribution in [2.45, 2.75) is 26.8 Å². The lowest BCUT2D eigenvalue weighted by Gasteiger charge is -2.27. The molecule has 0 saturated heterocycles. The number of carbonyl (C=O) groups is 1. The highest BCUT2D eigenvalue weighted by atomic mass is 32.1. The Bertz CT molecular complexity index is 843. The Labute approximate surface area is 157 Å². The van der Waals surface area contributed by atoms with Gasteiger partial charge in [-0.15, -0.1) is 5.10 Å². The number of hydrogen-bond acceptors (Lipinski definition) is 5. The molecule has 0 saturated carbocycles. The monoisotopic (exact) mass is 366 g/mol. The Morgan fingerprint density at radius 1 is 1.12 bits per heavy atom. The highest BCUT2D eigenvalue weighted by Crippen LogP contribution is 2.21. The van der Waals surface area contributed by atoms with Gasteiger partial charge in [-0.25, -0.2) is 0 Å². The molecule has 1 amide bonds. The van der Waals surface area contributed by atoms with Crippen molar-refractivity contribution >= 4 is 28.8 Å². The first-order valence-electron chi connectivity index (χ1n) is 8.64. The number of hydrogen-bond donors (Lipinski definition) is 1. The maximum Gasteiger partial charge on any atom is 0.255 e. The first-order valence-corrected chi connectivity index (χ1v) is 9.47. The van der Waals surface area contributed by atoms with E-state index < -0.39 is 0 Å². The summed E-state index contributed by atoms with van der Waals surface area (Å²) in [5.41, 5.74) is 4.34. The molecular formula is C20H22N4OS. The van der Waals surface area contributed by atoms with Crippen molar-refractivity contribution in [1.82, 2.24) is 9.59 Å². The van der Waals surface area contributed by atoms with Gasteiger partial charge < -0.3 is 10.2 Å². The van der Waals surface area contributed by atoms with E-state index in [1.807, 2.05) is 53.9 Å². The lowest BCUT2D eigenvalue weighted by Crippen LogP contribution is -2.30. The molecule has 5 nitrogen and oxygen atoms in total. The zero-order valence-electron chi connectivity index (χ0n) is 15.1. The molecule has 0 bridgehead atoms. The van der Waals surface area contributed by atoms with Gasteiger partial charge >= 0.3 is 0 Å². The molecule has 0 atom stereocenters. The van der Waals surface area contributed by atoms with Crippen molar-refractivity contribution in [3.05, 3.63) is 59.5 Å². The average molecular weight is 366 g/mol. The fourth-order valence-electron chi connectivity index (χ4n) is 2.87. The highest BCUT2D eigenvalue weighted by molar-refractivity contribution is 7.03. The first-order chi connectivity index (χ1) is 12.6. The van der Waals surface area contributed by atoms with E-state index in [0.717, 1.165) is 29.2 Å². The van der Waals surface area contributed by atoms with E-state index >= 15 is 0 Å². The number of aromatic nitrogens is 2. The van der Waals surface area contributed by atoms with Crippen molar-refractivity contribution in [2.24, 2.45) is 0 Å². The highest BCUT2D eigenvalue weighted by Gasteiger charge is 2.11. The van der Waals surface area contributed by atoms with Crippen LogP contribution in [0.15, 0.2) is 53.9 Å². The molecule has 1 N–H and O–H groups in total. The fourth-order valence-corrected chi connectivity index (χ4v) is 3.33. The van der Waals surface area contributed by atoms with Gasteiger partial charge in [0.2, 0.25) is 0 Å². The summed E-state index contributed by atoms with van der Waals surface area (Å²) in [5.74, 6) is -0.118. The van der Waals surface area contributed by atoms with Crippen LogP contribution in [0.1, 0.15) is 31.1 Å². The number of benzene rings is 2. The molecule has 26 heavy (non-hydrogen) atoms. The Morgan fingerprint density at radius 3 is 2.35 bits per heavy atom. The average Bonchev–Trinajstić information content (AvgIpc) is 3.18. The van der Waals surface area contributed by atoms with Crippen LogP contribution in [0.25, 0.3) is 11.3 Å². The third-order valence-corrected chi connectivity index (χ3v) is 4.73. The van der Waals surface area contributed by atoms with Gasteiger partial charge in [0.25, 0.3) is 5.91 Å². The van der Waals surface area contributed by atoms with Crippen LogP contribution in [0.4, 0.5) is 11.4 Å². The van der Waals surface area contributed by atoms with Gasteiger partial charge in [0.05, 0.1) is 0 Å². The molecule has 0 fully saturated rings. The number of carbonyl (C=O) groups excluding carboxylic acids is 1. The van der Waals surface area contributed by atoms with E-state index in [4.69, 9.17) is 0 Å². The third-order valence-electron chi connectivity index (χ3n) is 4.22. The van der Waals surface area contributed by atoms with E-state index in [9.17, 15) is 4.79 Å². The Hall–Kier alpha value is -2.73. The van der Waals surface area contributed by atoms with Gasteiger partial charge in [0.15, 0.2) is 0 Å². The van der Waals surface area contributed by atoms with Crippen LogP contribution in [-0.4, -0.2) is 28.1 Å². The summed E-state index contributed by atoms with van der Waals surface area (Å²) in [4.78, 5) is 14.8. The minimum Gasteiger partial charge on any atom is -0.369 e. The van der Waals surface area contributed by atoms with Crippen molar-refractivity contribution < 1.29 is 4.79 Å². The van der Waals surface area contributed by atoms with Crippen LogP contribution >= 0.6 is 11.5 Å². The summed E-state index contributed by atoms with van der Waals surface area (Å²) < 4.78 is 3.86. The minimum absolute atomic E-state index is 0.118. The lowest BCUT2D eigenvalue weighted by atomic mass is 10.1. The molecule has 1 aromatic heterocycles. The third kappa shape index (κ3) is 4.08. The Balaban J connectivity index is 1.68. The molecule has 3 aromatic rings. The number of rotatable bonds is 6. The van der Waals surface area contributed by atoms with E-state index in [1.54, 1.807) is 0 Å². The Kier molecular flexibility index (Phi) is 5.63. The molecule has 0 unspecified atom stereocenters. The Morgan fingerprint density at radius 2 is 1.81 bits per heavy atom. The van der Waals surface area contributed by atoms with Gasteiger partial charge in [0, 0.05) is 40.5 Å². The van der Waals surface area contributed by atoms with Gasteiger partial charge in [0.1, 0.15) is 5.69 Å². The topological polar surface area (TPSA) is 58.1 Å². The minimum atomic E-state index is -0.118. The molecule has 2 aromatic carbocycles. The molecule has 6 heteroatoms. The van der Waals surface area contributed by atoms with E-state index in [1.165, 1.54) is 11.5 Å². The van der Waals surface area contributed by atoms with Crippen molar-refractivity contribution in [2.75, 3.05) is 16.8 Å². The maximum atomic E-state index is 12.5. The molecule has 134 valence electrons. The summed E-state index contributed by atoms with van der Waals surface area (Å²) in [6, 6.07) is 15.8. The van der Waals surface area contributed by atoms with Crippen LogP contribution in [-0.2, 0) is 0 Å². The molecule has 0 spiro atoms. The summed E-state index contributed by atoms with van der Waals surface area (Å²) in [6.07, 6.45) is 0. The van der Waals surface area contributed by atoms with Crippen LogP contribution < -0.4 is 10.2 Å². The van der Waals surface area contributed by atoms with Gasteiger partial charge in [-0.3, -0.25) is 4.79 Å². The van der Waals surface area contributed by atoms with Crippen molar-refractivity contribution in [3.8, 4) is 11.3 Å². The normalized spacial score (nSPS) is 10.8. The second-order valence-electron chi connectivity index (χ2n) is 6.25. The van der Waals surface area contributed by atoms with Crippen LogP contribution in [0.2, 0.25) is 0 Å². The second-order valence-corrected chi connectivity index (χ2v) is 6.86. The number of nitrogens with zero attached hydrogens (tertiary/aromatic N) is 3. The quantitative estimate of drug-likeness (QED) is 0.687. The standard InChI is InChI=1S/C20H22N4OS/c1-4-24(14(2)3)18-11-7-16(8-12-18)20(25)21-17-9-5-15(6-10-17)19-13-26-23-22-19/h5-14H,4H2,1-3H3,(H,21,25). The molecule has 3 rings (SSSR count). The summed E-state index contributed by atoms with van der Waals surface area (Å²) in [5, 5.41) is 8.87. The molecule has 0 radical (unpaired) electrons. The van der Waals surface area contributed by atoms with E-state index in [-0.39, 0.29) is 5.91 Å². The molecular weight excluding hydrogens is 344 g/mol. The van der Waals surface area contributed by atoms with E-state index in [0.29, 0.717) is 11.6 Å². The molecule has 0 aliphatic heterocycles. The molecule has 1 heterocycles. The number of nitrogens with one attached hydrogen (secondary N) is 1. The molecule has 0 aliphatic rings. The zero-order valence-corrected chi connectivity index (χ0v) is 16.0. The predicted octanol–water partition coefficient (Wildman–Crippen LogP) is 4.69. The van der Waals surface area contributed by atoms with Crippen LogP contribution in [0, 0.1) is 0 Å². The van der Waals surface area contributed by atoms with Gasteiger partial charge in [-0.1, -0.05) is 16.6 Å². The zero-order chi connectivity index (χ0) is 18.5. The fraction of sp³-hybridized carbons (Fsp3) is 0.250.